The molecule has 0 spiro atoms. The largest absolute Gasteiger partial charge is 0.465 e. The van der Waals surface area contributed by atoms with Crippen LogP contribution in [0.4, 0.5) is 0 Å². The smallest absolute Gasteiger partial charge is 0.341 e. The van der Waals surface area contributed by atoms with Gasteiger partial charge in [0.25, 0.3) is 0 Å². The third-order valence-corrected chi connectivity index (χ3v) is 3.14. The zero-order chi connectivity index (χ0) is 15.4. The Morgan fingerprint density at radius 3 is 2.57 bits per heavy atom. The van der Waals surface area contributed by atoms with Crippen LogP contribution in [-0.2, 0) is 16.1 Å². The third-order valence-electron chi connectivity index (χ3n) is 2.81. The van der Waals surface area contributed by atoms with Gasteiger partial charge in [0, 0.05) is 0 Å². The number of furan rings is 1. The molecule has 0 atom stereocenters. The molecule has 2 aromatic rings. The van der Waals surface area contributed by atoms with Crippen molar-refractivity contribution in [2.24, 2.45) is 0 Å². The van der Waals surface area contributed by atoms with Gasteiger partial charge in [0.05, 0.1) is 17.7 Å². The van der Waals surface area contributed by atoms with Gasteiger partial charge in [-0.2, -0.15) is 0 Å². The summed E-state index contributed by atoms with van der Waals surface area (Å²) in [6.45, 7) is 1.54. The summed E-state index contributed by atoms with van der Waals surface area (Å²) < 4.78 is 15.1. The number of carbonyl (C=O) groups is 2. The van der Waals surface area contributed by atoms with E-state index >= 15 is 0 Å². The number of ether oxygens (including phenoxy) is 2. The van der Waals surface area contributed by atoms with Crippen LogP contribution in [0.15, 0.2) is 34.7 Å². The van der Waals surface area contributed by atoms with Gasteiger partial charge in [0.2, 0.25) is 0 Å². The fourth-order valence-electron chi connectivity index (χ4n) is 1.77. The Hall–Kier alpha value is -2.27. The number of hydrogen-bond acceptors (Lipinski definition) is 5. The van der Waals surface area contributed by atoms with Gasteiger partial charge in [-0.25, -0.2) is 9.59 Å². The number of esters is 2. The van der Waals surface area contributed by atoms with Crippen molar-refractivity contribution in [3.63, 3.8) is 0 Å². The Morgan fingerprint density at radius 1 is 1.19 bits per heavy atom. The molecule has 0 aliphatic carbocycles. The van der Waals surface area contributed by atoms with E-state index in [0.717, 1.165) is 0 Å². The van der Waals surface area contributed by atoms with Gasteiger partial charge in [-0.15, -0.1) is 0 Å². The second kappa shape index (κ2) is 6.45. The maximum Gasteiger partial charge on any atom is 0.341 e. The Kier molecular flexibility index (Phi) is 4.65. The third kappa shape index (κ3) is 3.44. The molecule has 0 aliphatic rings. The molecule has 6 heteroatoms. The average molecular weight is 309 g/mol. The van der Waals surface area contributed by atoms with E-state index in [2.05, 4.69) is 4.74 Å². The van der Waals surface area contributed by atoms with Gasteiger partial charge in [0.15, 0.2) is 0 Å². The molecule has 1 aromatic heterocycles. The van der Waals surface area contributed by atoms with E-state index in [1.165, 1.54) is 13.2 Å². The van der Waals surface area contributed by atoms with Crippen molar-refractivity contribution in [3.05, 3.63) is 58.0 Å². The molecule has 2 rings (SSSR count). The summed E-state index contributed by atoms with van der Waals surface area (Å²) in [4.78, 5) is 23.3. The molecule has 0 unspecified atom stereocenters. The summed E-state index contributed by atoms with van der Waals surface area (Å²) >= 11 is 5.91. The van der Waals surface area contributed by atoms with Crippen LogP contribution in [0.25, 0.3) is 0 Å². The molecule has 21 heavy (non-hydrogen) atoms. The van der Waals surface area contributed by atoms with Gasteiger partial charge >= 0.3 is 11.9 Å². The van der Waals surface area contributed by atoms with Gasteiger partial charge in [-0.3, -0.25) is 0 Å². The summed E-state index contributed by atoms with van der Waals surface area (Å²) in [6.07, 6.45) is 0. The second-order valence-electron chi connectivity index (χ2n) is 4.23. The monoisotopic (exact) mass is 308 g/mol. The van der Waals surface area contributed by atoms with E-state index < -0.39 is 11.9 Å². The summed E-state index contributed by atoms with van der Waals surface area (Å²) in [6, 6.07) is 8.07. The highest BCUT2D eigenvalue weighted by atomic mass is 35.5. The minimum atomic E-state index is -0.561. The van der Waals surface area contributed by atoms with Gasteiger partial charge in [-0.05, 0) is 25.1 Å². The molecular formula is C15H13ClO5. The predicted octanol–water partition coefficient (Wildman–Crippen LogP) is 3.39. The topological polar surface area (TPSA) is 65.7 Å². The molecule has 0 aliphatic heterocycles. The lowest BCUT2D eigenvalue weighted by Gasteiger charge is -2.04. The second-order valence-corrected chi connectivity index (χ2v) is 4.64. The maximum atomic E-state index is 11.9. The van der Waals surface area contributed by atoms with E-state index in [0.29, 0.717) is 22.1 Å². The normalized spacial score (nSPS) is 10.2. The van der Waals surface area contributed by atoms with Crippen LogP contribution in [0.2, 0.25) is 5.02 Å². The summed E-state index contributed by atoms with van der Waals surface area (Å²) in [7, 11) is 1.28. The molecule has 5 nitrogen and oxygen atoms in total. The predicted molar refractivity (Wildman–Crippen MR) is 75.4 cm³/mol. The Labute approximate surface area is 126 Å². The molecule has 0 saturated carbocycles. The quantitative estimate of drug-likeness (QED) is 0.810. The van der Waals surface area contributed by atoms with Crippen molar-refractivity contribution in [2.45, 2.75) is 13.5 Å². The van der Waals surface area contributed by atoms with Crippen LogP contribution in [0.1, 0.15) is 32.2 Å². The highest BCUT2D eigenvalue weighted by Crippen LogP contribution is 2.19. The molecule has 1 aromatic carbocycles. The molecule has 0 amide bonds. The van der Waals surface area contributed by atoms with Crippen molar-refractivity contribution >= 4 is 23.5 Å². The van der Waals surface area contributed by atoms with Crippen LogP contribution in [-0.4, -0.2) is 19.0 Å². The molecule has 1 heterocycles. The van der Waals surface area contributed by atoms with Gasteiger partial charge < -0.3 is 13.9 Å². The van der Waals surface area contributed by atoms with E-state index in [9.17, 15) is 9.59 Å². The molecule has 110 valence electrons. The number of hydrogen-bond donors (Lipinski definition) is 0. The first-order chi connectivity index (χ1) is 10.0. The van der Waals surface area contributed by atoms with Gasteiger partial charge in [0.1, 0.15) is 23.7 Å². The minimum Gasteiger partial charge on any atom is -0.465 e. The molecular weight excluding hydrogens is 296 g/mol. The first kappa shape index (κ1) is 15.1. The molecule has 0 saturated heterocycles. The standard InChI is InChI=1S/C15H13ClO5/c1-9-12(14(17)19-2)7-10(21-9)8-20-15(18)11-5-3-4-6-13(11)16/h3-7H,8H2,1-2H3. The SMILES string of the molecule is COC(=O)c1cc(COC(=O)c2ccccc2Cl)oc1C. The Bertz CT molecular complexity index is 674. The lowest BCUT2D eigenvalue weighted by Crippen LogP contribution is -2.05. The van der Waals surface area contributed by atoms with Crippen molar-refractivity contribution in [1.82, 2.24) is 0 Å². The van der Waals surface area contributed by atoms with Crippen molar-refractivity contribution in [1.29, 1.82) is 0 Å². The summed E-state index contributed by atoms with van der Waals surface area (Å²) in [5, 5.41) is 0.313. The Morgan fingerprint density at radius 2 is 1.90 bits per heavy atom. The lowest BCUT2D eigenvalue weighted by molar-refractivity contribution is 0.0444. The highest BCUT2D eigenvalue weighted by Gasteiger charge is 2.17. The molecule has 0 bridgehead atoms. The number of aryl methyl sites for hydroxylation is 1. The van der Waals surface area contributed by atoms with E-state index in [1.54, 1.807) is 31.2 Å². The van der Waals surface area contributed by atoms with Crippen molar-refractivity contribution < 1.29 is 23.5 Å². The first-order valence-corrected chi connectivity index (χ1v) is 6.50. The fourth-order valence-corrected chi connectivity index (χ4v) is 1.98. The van der Waals surface area contributed by atoms with E-state index in [4.69, 9.17) is 20.8 Å². The number of halogens is 1. The van der Waals surface area contributed by atoms with Gasteiger partial charge in [-0.1, -0.05) is 23.7 Å². The number of methoxy groups -OCH3 is 1. The highest BCUT2D eigenvalue weighted by molar-refractivity contribution is 6.33. The maximum absolute atomic E-state index is 11.9. The zero-order valence-corrected chi connectivity index (χ0v) is 12.3. The number of carbonyl (C=O) groups excluding carboxylic acids is 2. The molecule has 0 radical (unpaired) electrons. The minimum absolute atomic E-state index is 0.0953. The van der Waals surface area contributed by atoms with Crippen LogP contribution in [0.3, 0.4) is 0 Å². The summed E-state index contributed by atoms with van der Waals surface area (Å²) in [5.41, 5.74) is 0.580. The van der Waals surface area contributed by atoms with Crippen molar-refractivity contribution in [2.75, 3.05) is 7.11 Å². The van der Waals surface area contributed by atoms with Crippen LogP contribution in [0, 0.1) is 6.92 Å². The van der Waals surface area contributed by atoms with Crippen LogP contribution < -0.4 is 0 Å². The lowest BCUT2D eigenvalue weighted by atomic mass is 10.2. The number of benzene rings is 1. The van der Waals surface area contributed by atoms with Crippen molar-refractivity contribution in [3.8, 4) is 0 Å². The fraction of sp³-hybridized carbons (Fsp3) is 0.200. The molecule has 0 N–H and O–H groups in total. The molecule has 0 fully saturated rings. The van der Waals surface area contributed by atoms with E-state index in [-0.39, 0.29) is 12.2 Å². The summed E-state index contributed by atoms with van der Waals surface area (Å²) in [5.74, 6) is -0.298. The first-order valence-electron chi connectivity index (χ1n) is 6.12. The van der Waals surface area contributed by atoms with E-state index in [1.807, 2.05) is 0 Å². The van der Waals surface area contributed by atoms with Crippen LogP contribution in [0.5, 0.6) is 0 Å². The average Bonchev–Trinajstić information content (AvgIpc) is 2.85. The zero-order valence-electron chi connectivity index (χ0n) is 11.5. The van der Waals surface area contributed by atoms with Crippen LogP contribution >= 0.6 is 11.6 Å². The Balaban J connectivity index is 2.05. The number of rotatable bonds is 4.